The zero-order valence-electron chi connectivity index (χ0n) is 7.88. The molecule has 0 saturated carbocycles. The molecule has 0 aliphatic heterocycles. The van der Waals surface area contributed by atoms with Gasteiger partial charge in [-0.25, -0.2) is 0 Å². The van der Waals surface area contributed by atoms with E-state index in [0.29, 0.717) is 26.0 Å². The van der Waals surface area contributed by atoms with Crippen LogP contribution in [0.5, 0.6) is 0 Å². The topological polar surface area (TPSA) is 64.4 Å². The summed E-state index contributed by atoms with van der Waals surface area (Å²) in [7, 11) is 1.57. The fourth-order valence-electron chi connectivity index (χ4n) is 0.765. The molecule has 0 aliphatic rings. The molecule has 0 aromatic carbocycles. The standard InChI is InChI=1S/C9H16N2O2/c1-3-4-6-11-9(12)8(10)5-7-13-2/h1,8H,4-7,10H2,2H3,(H,11,12). The highest BCUT2D eigenvalue weighted by Crippen LogP contribution is 1.88. The van der Waals surface area contributed by atoms with E-state index in [1.54, 1.807) is 7.11 Å². The van der Waals surface area contributed by atoms with Crippen molar-refractivity contribution >= 4 is 5.91 Å². The van der Waals surface area contributed by atoms with Gasteiger partial charge in [0.15, 0.2) is 0 Å². The fourth-order valence-corrected chi connectivity index (χ4v) is 0.765. The molecule has 0 fully saturated rings. The van der Waals surface area contributed by atoms with Crippen molar-refractivity contribution in [1.29, 1.82) is 0 Å². The molecule has 0 bridgehead atoms. The number of amides is 1. The van der Waals surface area contributed by atoms with Crippen molar-refractivity contribution < 1.29 is 9.53 Å². The van der Waals surface area contributed by atoms with Crippen molar-refractivity contribution in [2.75, 3.05) is 20.3 Å². The first-order valence-corrected chi connectivity index (χ1v) is 4.18. The minimum Gasteiger partial charge on any atom is -0.385 e. The molecule has 4 heteroatoms. The summed E-state index contributed by atoms with van der Waals surface area (Å²) in [6, 6.07) is -0.502. The maximum absolute atomic E-state index is 11.2. The van der Waals surface area contributed by atoms with E-state index in [4.69, 9.17) is 16.9 Å². The van der Waals surface area contributed by atoms with E-state index in [1.165, 1.54) is 0 Å². The Hall–Kier alpha value is -1.05. The number of ether oxygens (including phenoxy) is 1. The second kappa shape index (κ2) is 7.59. The molecule has 0 radical (unpaired) electrons. The molecule has 0 heterocycles. The number of rotatable bonds is 6. The SMILES string of the molecule is C#CCCNC(=O)C(N)CCOC. The number of terminal acetylenes is 1. The van der Waals surface area contributed by atoms with Crippen LogP contribution >= 0.6 is 0 Å². The van der Waals surface area contributed by atoms with E-state index >= 15 is 0 Å². The molecule has 0 spiro atoms. The Labute approximate surface area is 78.8 Å². The van der Waals surface area contributed by atoms with Crippen molar-refractivity contribution in [2.24, 2.45) is 5.73 Å². The summed E-state index contributed by atoms with van der Waals surface area (Å²) >= 11 is 0. The third kappa shape index (κ3) is 6.14. The lowest BCUT2D eigenvalue weighted by Gasteiger charge is -2.10. The van der Waals surface area contributed by atoms with E-state index in [9.17, 15) is 4.79 Å². The van der Waals surface area contributed by atoms with Crippen molar-refractivity contribution in [3.05, 3.63) is 0 Å². The Morgan fingerprint density at radius 3 is 3.00 bits per heavy atom. The van der Waals surface area contributed by atoms with E-state index in [1.807, 2.05) is 0 Å². The van der Waals surface area contributed by atoms with Gasteiger partial charge in [0.05, 0.1) is 6.04 Å². The van der Waals surface area contributed by atoms with Crippen molar-refractivity contribution in [3.63, 3.8) is 0 Å². The van der Waals surface area contributed by atoms with Gasteiger partial charge in [-0.05, 0) is 6.42 Å². The minimum absolute atomic E-state index is 0.174. The number of nitrogens with one attached hydrogen (secondary N) is 1. The number of methoxy groups -OCH3 is 1. The minimum atomic E-state index is -0.502. The monoisotopic (exact) mass is 184 g/mol. The first kappa shape index (κ1) is 11.9. The van der Waals surface area contributed by atoms with E-state index < -0.39 is 6.04 Å². The third-order valence-corrected chi connectivity index (χ3v) is 1.54. The molecule has 3 N–H and O–H groups in total. The quantitative estimate of drug-likeness (QED) is 0.431. The Bertz CT molecular complexity index is 187. The van der Waals surface area contributed by atoms with Crippen LogP contribution in [0.4, 0.5) is 0 Å². The maximum Gasteiger partial charge on any atom is 0.237 e. The van der Waals surface area contributed by atoms with Gasteiger partial charge in [-0.2, -0.15) is 0 Å². The van der Waals surface area contributed by atoms with Gasteiger partial charge < -0.3 is 15.8 Å². The fraction of sp³-hybridized carbons (Fsp3) is 0.667. The molecule has 13 heavy (non-hydrogen) atoms. The van der Waals surface area contributed by atoms with Crippen LogP contribution in [0.15, 0.2) is 0 Å². The van der Waals surface area contributed by atoms with Crippen LogP contribution in [0, 0.1) is 12.3 Å². The summed E-state index contributed by atoms with van der Waals surface area (Å²) in [4.78, 5) is 11.2. The van der Waals surface area contributed by atoms with Gasteiger partial charge in [-0.15, -0.1) is 12.3 Å². The normalized spacial score (nSPS) is 11.8. The lowest BCUT2D eigenvalue weighted by molar-refractivity contribution is -0.122. The molecule has 0 aliphatic carbocycles. The highest BCUT2D eigenvalue weighted by atomic mass is 16.5. The highest BCUT2D eigenvalue weighted by Gasteiger charge is 2.11. The van der Waals surface area contributed by atoms with E-state index in [-0.39, 0.29) is 5.91 Å². The maximum atomic E-state index is 11.2. The Balaban J connectivity index is 3.52. The van der Waals surface area contributed by atoms with Crippen LogP contribution in [-0.4, -0.2) is 32.2 Å². The summed E-state index contributed by atoms with van der Waals surface area (Å²) in [5.74, 6) is 2.25. The van der Waals surface area contributed by atoms with E-state index in [2.05, 4.69) is 11.2 Å². The molecule has 0 rings (SSSR count). The second-order valence-electron chi connectivity index (χ2n) is 2.63. The summed E-state index contributed by atoms with van der Waals surface area (Å²) in [5, 5.41) is 2.63. The van der Waals surface area contributed by atoms with Crippen LogP contribution in [0.2, 0.25) is 0 Å². The molecule has 0 aromatic rings. The smallest absolute Gasteiger partial charge is 0.237 e. The molecule has 4 nitrogen and oxygen atoms in total. The van der Waals surface area contributed by atoms with Gasteiger partial charge in [0.2, 0.25) is 5.91 Å². The summed E-state index contributed by atoms with van der Waals surface area (Å²) in [6.07, 6.45) is 6.08. The van der Waals surface area contributed by atoms with Crippen LogP contribution in [0.1, 0.15) is 12.8 Å². The molecule has 0 saturated heterocycles. The summed E-state index contributed by atoms with van der Waals surface area (Å²) in [6.45, 7) is 0.972. The number of nitrogens with two attached hydrogens (primary N) is 1. The van der Waals surface area contributed by atoms with Gasteiger partial charge >= 0.3 is 0 Å². The summed E-state index contributed by atoms with van der Waals surface area (Å²) < 4.78 is 4.80. The molecule has 1 unspecified atom stereocenters. The Kier molecular flexibility index (Phi) is 6.98. The molecule has 0 aromatic heterocycles. The Morgan fingerprint density at radius 2 is 2.46 bits per heavy atom. The first-order valence-electron chi connectivity index (χ1n) is 4.18. The number of carbonyl (C=O) groups is 1. The van der Waals surface area contributed by atoms with Crippen molar-refractivity contribution in [2.45, 2.75) is 18.9 Å². The van der Waals surface area contributed by atoms with Gasteiger partial charge in [0.1, 0.15) is 0 Å². The number of hydrogen-bond donors (Lipinski definition) is 2. The van der Waals surface area contributed by atoms with Crippen LogP contribution < -0.4 is 11.1 Å². The molecule has 74 valence electrons. The largest absolute Gasteiger partial charge is 0.385 e. The lowest BCUT2D eigenvalue weighted by Crippen LogP contribution is -2.41. The third-order valence-electron chi connectivity index (χ3n) is 1.54. The van der Waals surface area contributed by atoms with Crippen LogP contribution in [-0.2, 0) is 9.53 Å². The molecule has 1 amide bonds. The van der Waals surface area contributed by atoms with Crippen LogP contribution in [0.25, 0.3) is 0 Å². The van der Waals surface area contributed by atoms with Crippen molar-refractivity contribution in [3.8, 4) is 12.3 Å². The summed E-state index contributed by atoms with van der Waals surface area (Å²) in [5.41, 5.74) is 5.54. The molecular weight excluding hydrogens is 168 g/mol. The predicted molar refractivity (Wildman–Crippen MR) is 50.9 cm³/mol. The average molecular weight is 184 g/mol. The zero-order chi connectivity index (χ0) is 10.1. The van der Waals surface area contributed by atoms with E-state index in [0.717, 1.165) is 0 Å². The predicted octanol–water partition coefficient (Wildman–Crippen LogP) is -0.510. The highest BCUT2D eigenvalue weighted by molar-refractivity contribution is 5.81. The molecule has 1 atom stereocenters. The van der Waals surface area contributed by atoms with Crippen LogP contribution in [0.3, 0.4) is 0 Å². The van der Waals surface area contributed by atoms with Gasteiger partial charge in [-0.1, -0.05) is 0 Å². The molecular formula is C9H16N2O2. The zero-order valence-corrected chi connectivity index (χ0v) is 7.88. The van der Waals surface area contributed by atoms with Gasteiger partial charge in [0.25, 0.3) is 0 Å². The Morgan fingerprint density at radius 1 is 1.77 bits per heavy atom. The van der Waals surface area contributed by atoms with Crippen molar-refractivity contribution in [1.82, 2.24) is 5.32 Å². The number of carbonyl (C=O) groups excluding carboxylic acids is 1. The average Bonchev–Trinajstić information content (AvgIpc) is 2.14. The first-order chi connectivity index (χ1) is 6.22. The van der Waals surface area contributed by atoms with Gasteiger partial charge in [0, 0.05) is 26.7 Å². The van der Waals surface area contributed by atoms with Gasteiger partial charge in [-0.3, -0.25) is 4.79 Å². The number of hydrogen-bond acceptors (Lipinski definition) is 3. The second-order valence-corrected chi connectivity index (χ2v) is 2.63. The lowest BCUT2D eigenvalue weighted by atomic mass is 10.2.